The number of anilines is 1. The van der Waals surface area contributed by atoms with E-state index in [1.807, 2.05) is 19.9 Å². The Balaban J connectivity index is 2.27. The van der Waals surface area contributed by atoms with E-state index in [0.29, 0.717) is 12.1 Å². The highest BCUT2D eigenvalue weighted by Gasteiger charge is 2.50. The van der Waals surface area contributed by atoms with Gasteiger partial charge in [-0.3, -0.25) is 0 Å². The van der Waals surface area contributed by atoms with Crippen LogP contribution in [-0.2, 0) is 14.8 Å². The van der Waals surface area contributed by atoms with Crippen molar-refractivity contribution in [3.63, 3.8) is 0 Å². The summed E-state index contributed by atoms with van der Waals surface area (Å²) < 4.78 is 32.9. The van der Waals surface area contributed by atoms with Crippen molar-refractivity contribution in [2.24, 2.45) is 5.41 Å². The quantitative estimate of drug-likeness (QED) is 0.814. The molecule has 1 aromatic carbocycles. The Morgan fingerprint density at radius 2 is 2.14 bits per heavy atom. The number of nitrogens with one attached hydrogen (secondary N) is 1. The molecule has 21 heavy (non-hydrogen) atoms. The predicted molar refractivity (Wildman–Crippen MR) is 78.9 cm³/mol. The molecule has 0 bridgehead atoms. The number of nitriles is 1. The largest absolute Gasteiger partial charge is 0.399 e. The van der Waals surface area contributed by atoms with Crippen molar-refractivity contribution in [3.8, 4) is 6.07 Å². The van der Waals surface area contributed by atoms with Gasteiger partial charge < -0.3 is 10.5 Å². The Kier molecular flexibility index (Phi) is 3.97. The van der Waals surface area contributed by atoms with E-state index in [2.05, 4.69) is 4.72 Å². The van der Waals surface area contributed by atoms with Crippen LogP contribution in [-0.4, -0.2) is 27.7 Å². The Bertz CT molecular complexity index is 692. The third kappa shape index (κ3) is 2.75. The fourth-order valence-electron chi connectivity index (χ4n) is 2.61. The first kappa shape index (κ1) is 15.8. The topological polar surface area (TPSA) is 105 Å². The minimum Gasteiger partial charge on any atom is -0.399 e. The molecule has 0 aromatic heterocycles. The second-order valence-electron chi connectivity index (χ2n) is 5.82. The zero-order valence-electron chi connectivity index (χ0n) is 12.3. The van der Waals surface area contributed by atoms with Crippen LogP contribution in [0.25, 0.3) is 0 Å². The van der Waals surface area contributed by atoms with Gasteiger partial charge in [-0.2, -0.15) is 5.26 Å². The molecule has 1 aliphatic rings. The molecule has 7 heteroatoms. The van der Waals surface area contributed by atoms with Gasteiger partial charge in [0, 0.05) is 24.3 Å². The molecular formula is C14H19N3O3S. The van der Waals surface area contributed by atoms with Gasteiger partial charge in [-0.1, -0.05) is 13.8 Å². The number of nitrogens with zero attached hydrogens (tertiary/aromatic N) is 1. The van der Waals surface area contributed by atoms with E-state index < -0.39 is 10.0 Å². The maximum atomic E-state index is 12.5. The molecule has 0 heterocycles. The molecule has 1 aromatic rings. The highest BCUT2D eigenvalue weighted by molar-refractivity contribution is 7.89. The highest BCUT2D eigenvalue weighted by atomic mass is 32.2. The van der Waals surface area contributed by atoms with E-state index in [1.165, 1.54) is 18.2 Å². The summed E-state index contributed by atoms with van der Waals surface area (Å²) in [6, 6.07) is 5.83. The van der Waals surface area contributed by atoms with Crippen LogP contribution in [0.15, 0.2) is 23.1 Å². The predicted octanol–water partition coefficient (Wildman–Crippen LogP) is 1.23. The summed E-state index contributed by atoms with van der Waals surface area (Å²) in [6.07, 6.45) is 0.631. The van der Waals surface area contributed by atoms with Gasteiger partial charge in [-0.05, 0) is 24.6 Å². The molecule has 0 saturated heterocycles. The van der Waals surface area contributed by atoms with Crippen molar-refractivity contribution in [1.82, 2.24) is 4.72 Å². The lowest BCUT2D eigenvalue weighted by molar-refractivity contribution is -0.0908. The van der Waals surface area contributed by atoms with Gasteiger partial charge in [0.1, 0.15) is 6.07 Å². The molecule has 1 aliphatic carbocycles. The van der Waals surface area contributed by atoms with Crippen LogP contribution in [0.4, 0.5) is 5.69 Å². The van der Waals surface area contributed by atoms with Crippen LogP contribution in [0.3, 0.4) is 0 Å². The first-order valence-electron chi connectivity index (χ1n) is 6.57. The van der Waals surface area contributed by atoms with Crippen LogP contribution >= 0.6 is 0 Å². The molecule has 0 aliphatic heterocycles. The van der Waals surface area contributed by atoms with Crippen LogP contribution < -0.4 is 10.5 Å². The van der Waals surface area contributed by atoms with E-state index in [1.54, 1.807) is 7.11 Å². The number of nitrogen functional groups attached to an aromatic ring is 1. The third-order valence-electron chi connectivity index (χ3n) is 4.17. The van der Waals surface area contributed by atoms with Gasteiger partial charge in [0.2, 0.25) is 10.0 Å². The lowest BCUT2D eigenvalue weighted by Gasteiger charge is -2.50. The molecule has 0 amide bonds. The number of ether oxygens (including phenoxy) is 1. The standard InChI is InChI=1S/C14H19N3O3S/c1-14(2)12(7-13(14)20-3)17-21(18,19)11-5-4-10(16)6-9(11)8-15/h4-6,12-13,17H,7,16H2,1-3H3. The zero-order valence-corrected chi connectivity index (χ0v) is 13.1. The molecule has 3 N–H and O–H groups in total. The summed E-state index contributed by atoms with van der Waals surface area (Å²) in [5.74, 6) is 0. The number of rotatable bonds is 4. The second-order valence-corrected chi connectivity index (χ2v) is 7.51. The SMILES string of the molecule is COC1CC(NS(=O)(=O)c2ccc(N)cc2C#N)C1(C)C. The van der Waals surface area contributed by atoms with Crippen molar-refractivity contribution in [2.45, 2.75) is 37.3 Å². The van der Waals surface area contributed by atoms with Gasteiger partial charge in [0.05, 0.1) is 16.6 Å². The van der Waals surface area contributed by atoms with Crippen molar-refractivity contribution < 1.29 is 13.2 Å². The second kappa shape index (κ2) is 5.30. The normalized spacial score (nSPS) is 24.1. The van der Waals surface area contributed by atoms with Gasteiger partial charge in [-0.25, -0.2) is 13.1 Å². The first-order valence-corrected chi connectivity index (χ1v) is 8.05. The third-order valence-corrected chi connectivity index (χ3v) is 5.70. The number of hydrogen-bond acceptors (Lipinski definition) is 5. The van der Waals surface area contributed by atoms with Crippen molar-refractivity contribution in [2.75, 3.05) is 12.8 Å². The van der Waals surface area contributed by atoms with E-state index in [9.17, 15) is 8.42 Å². The summed E-state index contributed by atoms with van der Waals surface area (Å²) in [6.45, 7) is 3.90. The van der Waals surface area contributed by atoms with Gasteiger partial charge in [-0.15, -0.1) is 0 Å². The molecule has 2 atom stereocenters. The van der Waals surface area contributed by atoms with E-state index in [0.717, 1.165) is 0 Å². The van der Waals surface area contributed by atoms with Crippen molar-refractivity contribution in [1.29, 1.82) is 5.26 Å². The van der Waals surface area contributed by atoms with Gasteiger partial charge in [0.15, 0.2) is 0 Å². The lowest BCUT2D eigenvalue weighted by atomic mass is 9.65. The monoisotopic (exact) mass is 309 g/mol. The minimum absolute atomic E-state index is 0.0204. The van der Waals surface area contributed by atoms with E-state index in [4.69, 9.17) is 15.7 Å². The number of methoxy groups -OCH3 is 1. The molecule has 6 nitrogen and oxygen atoms in total. The average Bonchev–Trinajstić information content (AvgIpc) is 2.42. The van der Waals surface area contributed by atoms with E-state index >= 15 is 0 Å². The van der Waals surface area contributed by atoms with Gasteiger partial charge >= 0.3 is 0 Å². The van der Waals surface area contributed by atoms with Crippen molar-refractivity contribution >= 4 is 15.7 Å². The average molecular weight is 309 g/mol. The highest BCUT2D eigenvalue weighted by Crippen LogP contribution is 2.43. The maximum absolute atomic E-state index is 12.5. The summed E-state index contributed by atoms with van der Waals surface area (Å²) >= 11 is 0. The fraction of sp³-hybridized carbons (Fsp3) is 0.500. The lowest BCUT2D eigenvalue weighted by Crippen LogP contribution is -2.61. The number of nitrogens with two attached hydrogens (primary N) is 1. The summed E-state index contributed by atoms with van der Waals surface area (Å²) in [5, 5.41) is 9.08. The molecular weight excluding hydrogens is 290 g/mol. The first-order chi connectivity index (χ1) is 9.72. The molecule has 2 rings (SSSR count). The zero-order chi connectivity index (χ0) is 15.8. The van der Waals surface area contributed by atoms with E-state index in [-0.39, 0.29) is 28.0 Å². The number of sulfonamides is 1. The Morgan fingerprint density at radius 3 is 2.67 bits per heavy atom. The summed E-state index contributed by atoms with van der Waals surface area (Å²) in [5.41, 5.74) is 5.69. The minimum atomic E-state index is -3.77. The Labute approximate surface area is 125 Å². The molecule has 1 saturated carbocycles. The molecule has 114 valence electrons. The van der Waals surface area contributed by atoms with Crippen LogP contribution in [0.2, 0.25) is 0 Å². The maximum Gasteiger partial charge on any atom is 0.242 e. The van der Waals surface area contributed by atoms with Crippen LogP contribution in [0, 0.1) is 16.7 Å². The molecule has 2 unspecified atom stereocenters. The Morgan fingerprint density at radius 1 is 1.48 bits per heavy atom. The molecule has 1 fully saturated rings. The summed E-state index contributed by atoms with van der Waals surface area (Å²) in [7, 11) is -2.15. The van der Waals surface area contributed by atoms with Crippen molar-refractivity contribution in [3.05, 3.63) is 23.8 Å². The Hall–Kier alpha value is -1.62. The van der Waals surface area contributed by atoms with Crippen LogP contribution in [0.1, 0.15) is 25.8 Å². The number of benzene rings is 1. The molecule has 0 radical (unpaired) electrons. The fourth-order valence-corrected chi connectivity index (χ4v) is 4.15. The smallest absolute Gasteiger partial charge is 0.242 e. The van der Waals surface area contributed by atoms with Crippen LogP contribution in [0.5, 0.6) is 0 Å². The number of hydrogen-bond donors (Lipinski definition) is 2. The molecule has 0 spiro atoms. The van der Waals surface area contributed by atoms with Gasteiger partial charge in [0.25, 0.3) is 0 Å². The summed E-state index contributed by atoms with van der Waals surface area (Å²) in [4.78, 5) is -0.0455.